The van der Waals surface area contributed by atoms with Crippen LogP contribution in [0.4, 0.5) is 0 Å². The van der Waals surface area contributed by atoms with Crippen LogP contribution in [-0.2, 0) is 11.3 Å². The van der Waals surface area contributed by atoms with E-state index >= 15 is 0 Å². The Hall–Kier alpha value is -1.75. The zero-order valence-electron chi connectivity index (χ0n) is 13.6. The Kier molecular flexibility index (Phi) is 7.02. The van der Waals surface area contributed by atoms with Crippen molar-refractivity contribution in [1.82, 2.24) is 10.2 Å². The molecule has 0 aliphatic carbocycles. The van der Waals surface area contributed by atoms with Crippen molar-refractivity contribution in [3.63, 3.8) is 0 Å². The molecule has 0 radical (unpaired) electrons. The minimum Gasteiger partial charge on any atom is -0.493 e. The smallest absolute Gasteiger partial charge is 0.239 e. The lowest BCUT2D eigenvalue weighted by Gasteiger charge is -2.20. The number of likely N-dealkylation sites (N-methyl/N-ethyl adjacent to an activating group) is 1. The molecule has 5 heteroatoms. The maximum Gasteiger partial charge on any atom is 0.239 e. The second kappa shape index (κ2) is 8.52. The predicted octanol–water partition coefficient (Wildman–Crippen LogP) is 2.05. The van der Waals surface area contributed by atoms with Gasteiger partial charge in [0.15, 0.2) is 11.5 Å². The molecule has 1 amide bonds. The van der Waals surface area contributed by atoms with Crippen LogP contribution in [0.3, 0.4) is 0 Å². The van der Waals surface area contributed by atoms with Crippen LogP contribution < -0.4 is 14.8 Å². The van der Waals surface area contributed by atoms with Gasteiger partial charge < -0.3 is 19.7 Å². The van der Waals surface area contributed by atoms with E-state index in [0.29, 0.717) is 25.4 Å². The van der Waals surface area contributed by atoms with E-state index in [-0.39, 0.29) is 11.9 Å². The number of ether oxygens (including phenoxy) is 2. The van der Waals surface area contributed by atoms with Crippen LogP contribution in [0.5, 0.6) is 11.5 Å². The van der Waals surface area contributed by atoms with Crippen LogP contribution in [-0.4, -0.2) is 44.2 Å². The fourth-order valence-corrected chi connectivity index (χ4v) is 1.94. The molecule has 1 atom stereocenters. The highest BCUT2D eigenvalue weighted by Crippen LogP contribution is 2.27. The molecule has 0 aliphatic rings. The molecule has 118 valence electrons. The van der Waals surface area contributed by atoms with E-state index in [9.17, 15) is 4.79 Å². The van der Waals surface area contributed by atoms with Crippen LogP contribution in [0.15, 0.2) is 18.2 Å². The summed E-state index contributed by atoms with van der Waals surface area (Å²) in [5, 5.41) is 3.23. The highest BCUT2D eigenvalue weighted by atomic mass is 16.5. The number of benzene rings is 1. The maximum absolute atomic E-state index is 12.0. The minimum atomic E-state index is -0.215. The molecule has 1 aromatic rings. The first-order chi connectivity index (χ1) is 10.0. The molecular weight excluding hydrogens is 268 g/mol. The SMILES string of the molecule is CCOc1ccc(CNC(C)C(=O)N(C)CC)cc1OC. The van der Waals surface area contributed by atoms with Gasteiger partial charge in [-0.05, 0) is 38.5 Å². The van der Waals surface area contributed by atoms with Gasteiger partial charge in [-0.2, -0.15) is 0 Å². The van der Waals surface area contributed by atoms with Crippen molar-refractivity contribution >= 4 is 5.91 Å². The van der Waals surface area contributed by atoms with Crippen LogP contribution in [0.25, 0.3) is 0 Å². The number of carbonyl (C=O) groups is 1. The lowest BCUT2D eigenvalue weighted by Crippen LogP contribution is -2.42. The molecule has 21 heavy (non-hydrogen) atoms. The fourth-order valence-electron chi connectivity index (χ4n) is 1.94. The molecule has 0 aliphatic heterocycles. The average molecular weight is 294 g/mol. The van der Waals surface area contributed by atoms with Crippen LogP contribution in [0.2, 0.25) is 0 Å². The molecule has 5 nitrogen and oxygen atoms in total. The van der Waals surface area contributed by atoms with Gasteiger partial charge in [0.2, 0.25) is 5.91 Å². The average Bonchev–Trinajstić information content (AvgIpc) is 2.52. The number of carbonyl (C=O) groups excluding carboxylic acids is 1. The first kappa shape index (κ1) is 17.3. The molecule has 1 unspecified atom stereocenters. The molecule has 1 N–H and O–H groups in total. The van der Waals surface area contributed by atoms with Gasteiger partial charge in [-0.1, -0.05) is 6.07 Å². The lowest BCUT2D eigenvalue weighted by atomic mass is 10.2. The van der Waals surface area contributed by atoms with Gasteiger partial charge in [-0.25, -0.2) is 0 Å². The van der Waals surface area contributed by atoms with Gasteiger partial charge in [-0.3, -0.25) is 4.79 Å². The summed E-state index contributed by atoms with van der Waals surface area (Å²) in [6, 6.07) is 5.58. The number of hydrogen-bond donors (Lipinski definition) is 1. The summed E-state index contributed by atoms with van der Waals surface area (Å²) >= 11 is 0. The van der Waals surface area contributed by atoms with E-state index in [1.165, 1.54) is 0 Å². The van der Waals surface area contributed by atoms with Gasteiger partial charge in [0.05, 0.1) is 19.8 Å². The Morgan fingerprint density at radius 2 is 2.05 bits per heavy atom. The minimum absolute atomic E-state index is 0.0930. The third-order valence-corrected chi connectivity index (χ3v) is 3.36. The molecule has 0 saturated heterocycles. The first-order valence-electron chi connectivity index (χ1n) is 7.31. The standard InChI is InChI=1S/C16H26N2O3/c1-6-18(4)16(19)12(3)17-11-13-8-9-14(21-7-2)15(10-13)20-5/h8-10,12,17H,6-7,11H2,1-5H3. The van der Waals surface area contributed by atoms with Crippen LogP contribution in [0.1, 0.15) is 26.3 Å². The van der Waals surface area contributed by atoms with Gasteiger partial charge in [0.25, 0.3) is 0 Å². The second-order valence-electron chi connectivity index (χ2n) is 4.87. The second-order valence-corrected chi connectivity index (χ2v) is 4.87. The van der Waals surface area contributed by atoms with Crippen molar-refractivity contribution in [1.29, 1.82) is 0 Å². The summed E-state index contributed by atoms with van der Waals surface area (Å²) in [5.74, 6) is 1.54. The van der Waals surface area contributed by atoms with E-state index in [1.54, 1.807) is 19.1 Å². The van der Waals surface area contributed by atoms with Gasteiger partial charge in [0, 0.05) is 20.1 Å². The largest absolute Gasteiger partial charge is 0.493 e. The zero-order chi connectivity index (χ0) is 15.8. The Balaban J connectivity index is 2.65. The number of amides is 1. The van der Waals surface area contributed by atoms with E-state index in [1.807, 2.05) is 39.0 Å². The summed E-state index contributed by atoms with van der Waals surface area (Å²) in [6.45, 7) is 7.69. The molecule has 0 saturated carbocycles. The van der Waals surface area contributed by atoms with Crippen LogP contribution in [0, 0.1) is 0 Å². The van der Waals surface area contributed by atoms with E-state index in [2.05, 4.69) is 5.32 Å². The molecule has 1 rings (SSSR count). The molecule has 0 aromatic heterocycles. The molecule has 0 heterocycles. The Labute approximate surface area is 127 Å². The Morgan fingerprint density at radius 3 is 2.62 bits per heavy atom. The summed E-state index contributed by atoms with van der Waals surface area (Å²) in [6.07, 6.45) is 0. The highest BCUT2D eigenvalue weighted by Gasteiger charge is 2.15. The molecule has 0 bridgehead atoms. The fraction of sp³-hybridized carbons (Fsp3) is 0.562. The summed E-state index contributed by atoms with van der Waals surface area (Å²) < 4.78 is 10.8. The summed E-state index contributed by atoms with van der Waals surface area (Å²) in [4.78, 5) is 13.7. The van der Waals surface area contributed by atoms with Gasteiger partial charge in [-0.15, -0.1) is 0 Å². The molecule has 0 fully saturated rings. The maximum atomic E-state index is 12.0. The van der Waals surface area contributed by atoms with E-state index in [0.717, 1.165) is 11.3 Å². The molecule has 0 spiro atoms. The Bertz CT molecular complexity index is 463. The number of nitrogens with zero attached hydrogens (tertiary/aromatic N) is 1. The third kappa shape index (κ3) is 4.93. The van der Waals surface area contributed by atoms with Crippen LogP contribution >= 0.6 is 0 Å². The third-order valence-electron chi connectivity index (χ3n) is 3.36. The summed E-state index contributed by atoms with van der Waals surface area (Å²) in [7, 11) is 3.43. The molecular formula is C16H26N2O3. The van der Waals surface area contributed by atoms with Crippen molar-refractivity contribution in [2.75, 3.05) is 27.3 Å². The summed E-state index contributed by atoms with van der Waals surface area (Å²) in [5.41, 5.74) is 1.05. The monoisotopic (exact) mass is 294 g/mol. The van der Waals surface area contributed by atoms with Crippen molar-refractivity contribution in [3.8, 4) is 11.5 Å². The van der Waals surface area contributed by atoms with E-state index in [4.69, 9.17) is 9.47 Å². The number of rotatable bonds is 8. The molecule has 1 aromatic carbocycles. The topological polar surface area (TPSA) is 50.8 Å². The van der Waals surface area contributed by atoms with Gasteiger partial charge >= 0.3 is 0 Å². The number of hydrogen-bond acceptors (Lipinski definition) is 4. The quantitative estimate of drug-likeness (QED) is 0.797. The van der Waals surface area contributed by atoms with Crippen molar-refractivity contribution in [2.24, 2.45) is 0 Å². The normalized spacial score (nSPS) is 11.9. The predicted molar refractivity (Wildman–Crippen MR) is 83.8 cm³/mol. The first-order valence-corrected chi connectivity index (χ1v) is 7.31. The van der Waals surface area contributed by atoms with Crippen molar-refractivity contribution in [2.45, 2.75) is 33.4 Å². The zero-order valence-corrected chi connectivity index (χ0v) is 13.6. The van der Waals surface area contributed by atoms with Crippen molar-refractivity contribution in [3.05, 3.63) is 23.8 Å². The van der Waals surface area contributed by atoms with E-state index < -0.39 is 0 Å². The van der Waals surface area contributed by atoms with Gasteiger partial charge in [0.1, 0.15) is 0 Å². The highest BCUT2D eigenvalue weighted by molar-refractivity contribution is 5.81. The Morgan fingerprint density at radius 1 is 1.33 bits per heavy atom. The van der Waals surface area contributed by atoms with Crippen molar-refractivity contribution < 1.29 is 14.3 Å². The lowest BCUT2D eigenvalue weighted by molar-refractivity contribution is -0.131. The number of nitrogens with one attached hydrogen (secondary N) is 1. The number of methoxy groups -OCH3 is 1.